The minimum Gasteiger partial charge on any atom is -0.497 e. The maximum atomic E-state index is 13.4. The normalized spacial score (nSPS) is 14.4. The maximum absolute atomic E-state index is 13.4. The van der Waals surface area contributed by atoms with Crippen molar-refractivity contribution >= 4 is 27.5 Å². The Morgan fingerprint density at radius 3 is 2.38 bits per heavy atom. The SMILES string of the molecule is CCN(CC)S(=O)(=O)c1ccc2c(c1)CCCN2C(=O)CC(NC(C)=O)c1ccc(OC)cc1. The first-order valence-electron chi connectivity index (χ1n) is 11.6. The number of carbonyl (C=O) groups is 2. The fraction of sp³-hybridized carbons (Fsp3) is 0.440. The van der Waals surface area contributed by atoms with Crippen LogP contribution >= 0.6 is 0 Å². The minimum absolute atomic E-state index is 0.0881. The summed E-state index contributed by atoms with van der Waals surface area (Å²) in [4.78, 5) is 27.1. The first kappa shape index (κ1) is 25.7. The Kier molecular flexibility index (Phi) is 8.33. The third-order valence-corrected chi connectivity index (χ3v) is 8.13. The summed E-state index contributed by atoms with van der Waals surface area (Å²) in [6.07, 6.45) is 1.53. The topological polar surface area (TPSA) is 96.0 Å². The van der Waals surface area contributed by atoms with Gasteiger partial charge in [-0.25, -0.2) is 8.42 Å². The second-order valence-corrected chi connectivity index (χ2v) is 10.2. The van der Waals surface area contributed by atoms with Gasteiger partial charge < -0.3 is 15.0 Å². The Balaban J connectivity index is 1.86. The van der Waals surface area contributed by atoms with E-state index >= 15 is 0 Å². The minimum atomic E-state index is -3.57. The van der Waals surface area contributed by atoms with E-state index in [4.69, 9.17) is 4.74 Å². The van der Waals surface area contributed by atoms with Crippen molar-refractivity contribution in [2.75, 3.05) is 31.6 Å². The number of rotatable bonds is 9. The lowest BCUT2D eigenvalue weighted by molar-refractivity contribution is -0.121. The first-order chi connectivity index (χ1) is 16.2. The van der Waals surface area contributed by atoms with Gasteiger partial charge in [0, 0.05) is 32.2 Å². The highest BCUT2D eigenvalue weighted by atomic mass is 32.2. The molecule has 9 heteroatoms. The summed E-state index contributed by atoms with van der Waals surface area (Å²) >= 11 is 0. The van der Waals surface area contributed by atoms with E-state index in [9.17, 15) is 18.0 Å². The summed E-state index contributed by atoms with van der Waals surface area (Å²) in [5.41, 5.74) is 2.38. The first-order valence-corrected chi connectivity index (χ1v) is 13.0. The van der Waals surface area contributed by atoms with Gasteiger partial charge in [-0.05, 0) is 54.3 Å². The number of sulfonamides is 1. The van der Waals surface area contributed by atoms with Crippen LogP contribution in [-0.2, 0) is 26.0 Å². The zero-order chi connectivity index (χ0) is 24.9. The Morgan fingerprint density at radius 1 is 1.12 bits per heavy atom. The molecule has 0 aliphatic carbocycles. The molecule has 34 heavy (non-hydrogen) atoms. The molecule has 3 rings (SSSR count). The highest BCUT2D eigenvalue weighted by Gasteiger charge is 2.28. The Bertz CT molecular complexity index is 1130. The molecular weight excluding hydrogens is 454 g/mol. The van der Waals surface area contributed by atoms with Crippen molar-refractivity contribution in [3.05, 3.63) is 53.6 Å². The van der Waals surface area contributed by atoms with E-state index < -0.39 is 16.1 Å². The van der Waals surface area contributed by atoms with Gasteiger partial charge in [0.1, 0.15) is 5.75 Å². The van der Waals surface area contributed by atoms with Crippen LogP contribution in [0, 0.1) is 0 Å². The molecule has 1 unspecified atom stereocenters. The molecule has 0 radical (unpaired) electrons. The summed E-state index contributed by atoms with van der Waals surface area (Å²) in [6, 6.07) is 11.8. The fourth-order valence-corrected chi connectivity index (χ4v) is 5.83. The van der Waals surface area contributed by atoms with E-state index in [-0.39, 0.29) is 23.1 Å². The Labute approximate surface area is 201 Å². The van der Waals surface area contributed by atoms with Crippen LogP contribution in [0.4, 0.5) is 5.69 Å². The third kappa shape index (κ3) is 5.59. The lowest BCUT2D eigenvalue weighted by atomic mass is 9.99. The van der Waals surface area contributed by atoms with Crippen molar-refractivity contribution in [2.24, 2.45) is 0 Å². The molecule has 2 amide bonds. The number of benzene rings is 2. The maximum Gasteiger partial charge on any atom is 0.243 e. The van der Waals surface area contributed by atoms with E-state index in [0.717, 1.165) is 23.2 Å². The highest BCUT2D eigenvalue weighted by Crippen LogP contribution is 2.32. The molecule has 1 atom stereocenters. The van der Waals surface area contributed by atoms with Crippen LogP contribution in [0.3, 0.4) is 0 Å². The second-order valence-electron chi connectivity index (χ2n) is 8.26. The fourth-order valence-electron chi connectivity index (χ4n) is 4.32. The van der Waals surface area contributed by atoms with Gasteiger partial charge in [0.2, 0.25) is 21.8 Å². The zero-order valence-electron chi connectivity index (χ0n) is 20.2. The number of hydrogen-bond donors (Lipinski definition) is 1. The molecule has 2 aromatic carbocycles. The smallest absolute Gasteiger partial charge is 0.243 e. The largest absolute Gasteiger partial charge is 0.497 e. The summed E-state index contributed by atoms with van der Waals surface area (Å²) in [7, 11) is -1.99. The van der Waals surface area contributed by atoms with E-state index in [1.165, 1.54) is 11.2 Å². The molecule has 1 aliphatic rings. The molecule has 8 nitrogen and oxygen atoms in total. The standard InChI is InChI=1S/C25H33N3O5S/c1-5-27(6-2)34(31,32)22-13-14-24-20(16-22)8-7-15-28(24)25(30)17-23(26-18(3)29)19-9-11-21(33-4)12-10-19/h9-14,16,23H,5-8,15,17H2,1-4H3,(H,26,29). The summed E-state index contributed by atoms with van der Waals surface area (Å²) in [6.45, 7) is 6.40. The van der Waals surface area contributed by atoms with E-state index in [2.05, 4.69) is 5.32 Å². The van der Waals surface area contributed by atoms with Crippen LogP contribution in [0.2, 0.25) is 0 Å². The van der Waals surface area contributed by atoms with E-state index in [1.54, 1.807) is 42.3 Å². The highest BCUT2D eigenvalue weighted by molar-refractivity contribution is 7.89. The van der Waals surface area contributed by atoms with Crippen LogP contribution in [0.5, 0.6) is 5.75 Å². The van der Waals surface area contributed by atoms with Crippen molar-refractivity contribution in [1.82, 2.24) is 9.62 Å². The van der Waals surface area contributed by atoms with E-state index in [1.807, 2.05) is 26.0 Å². The van der Waals surface area contributed by atoms with Gasteiger partial charge in [0.15, 0.2) is 0 Å². The number of nitrogens with one attached hydrogen (secondary N) is 1. The molecule has 1 heterocycles. The summed E-state index contributed by atoms with van der Waals surface area (Å²) in [5.74, 6) is 0.339. The van der Waals surface area contributed by atoms with Gasteiger partial charge >= 0.3 is 0 Å². The predicted octanol–water partition coefficient (Wildman–Crippen LogP) is 3.27. The van der Waals surface area contributed by atoms with E-state index in [0.29, 0.717) is 31.8 Å². The van der Waals surface area contributed by atoms with Crippen molar-refractivity contribution < 1.29 is 22.7 Å². The molecule has 0 spiro atoms. The van der Waals surface area contributed by atoms with Crippen molar-refractivity contribution in [3.63, 3.8) is 0 Å². The monoisotopic (exact) mass is 487 g/mol. The molecule has 1 N–H and O–H groups in total. The summed E-state index contributed by atoms with van der Waals surface area (Å²) < 4.78 is 32.5. The number of amides is 2. The molecule has 0 bridgehead atoms. The number of methoxy groups -OCH3 is 1. The van der Waals surface area contributed by atoms with Gasteiger partial charge in [0.25, 0.3) is 0 Å². The molecule has 1 aliphatic heterocycles. The molecule has 0 fully saturated rings. The van der Waals surface area contributed by atoms with Crippen molar-refractivity contribution in [1.29, 1.82) is 0 Å². The molecule has 2 aromatic rings. The van der Waals surface area contributed by atoms with Gasteiger partial charge in [-0.1, -0.05) is 26.0 Å². The van der Waals surface area contributed by atoms with Crippen LogP contribution in [0.15, 0.2) is 47.4 Å². The Hall–Kier alpha value is -2.91. The lowest BCUT2D eigenvalue weighted by Gasteiger charge is -2.31. The molecule has 0 aromatic heterocycles. The quantitative estimate of drug-likeness (QED) is 0.586. The second kappa shape index (κ2) is 11.0. The third-order valence-electron chi connectivity index (χ3n) is 6.09. The molecule has 0 saturated heterocycles. The van der Waals surface area contributed by atoms with Crippen LogP contribution in [0.1, 0.15) is 50.8 Å². The predicted molar refractivity (Wildman–Crippen MR) is 131 cm³/mol. The van der Waals surface area contributed by atoms with Crippen LogP contribution < -0.4 is 15.0 Å². The van der Waals surface area contributed by atoms with Gasteiger partial charge in [-0.3, -0.25) is 9.59 Å². The average molecular weight is 488 g/mol. The van der Waals surface area contributed by atoms with Gasteiger partial charge in [0.05, 0.1) is 24.5 Å². The number of hydrogen-bond acceptors (Lipinski definition) is 5. The van der Waals surface area contributed by atoms with Gasteiger partial charge in [-0.2, -0.15) is 4.31 Å². The summed E-state index contributed by atoms with van der Waals surface area (Å²) in [5, 5.41) is 2.87. The van der Waals surface area contributed by atoms with Crippen molar-refractivity contribution in [2.45, 2.75) is 51.0 Å². The zero-order valence-corrected chi connectivity index (χ0v) is 21.0. The number of nitrogens with zero attached hydrogens (tertiary/aromatic N) is 2. The molecule has 0 saturated carbocycles. The number of carbonyl (C=O) groups excluding carboxylic acids is 2. The molecular formula is C25H33N3O5S. The molecule has 184 valence electrons. The number of anilines is 1. The number of aryl methyl sites for hydroxylation is 1. The Morgan fingerprint density at radius 2 is 1.79 bits per heavy atom. The lowest BCUT2D eigenvalue weighted by Crippen LogP contribution is -2.39. The van der Waals surface area contributed by atoms with Crippen LogP contribution in [-0.4, -0.2) is 51.3 Å². The van der Waals surface area contributed by atoms with Crippen LogP contribution in [0.25, 0.3) is 0 Å². The average Bonchev–Trinajstić information content (AvgIpc) is 2.83. The van der Waals surface area contributed by atoms with Crippen molar-refractivity contribution in [3.8, 4) is 5.75 Å². The van der Waals surface area contributed by atoms with Gasteiger partial charge in [-0.15, -0.1) is 0 Å². The number of ether oxygens (including phenoxy) is 1. The number of fused-ring (bicyclic) bond motifs is 1.